The number of benzene rings is 2. The molecule has 2 heteroatoms. The highest BCUT2D eigenvalue weighted by atomic mass is 15.2. The van der Waals surface area contributed by atoms with Gasteiger partial charge in [0.15, 0.2) is 0 Å². The summed E-state index contributed by atoms with van der Waals surface area (Å²) >= 11 is 0. The summed E-state index contributed by atoms with van der Waals surface area (Å²) in [5.41, 5.74) is 4.93. The SMILES string of the molecule is CCCCCC1CCC(c2ccc(/C=N/N=C/c3ccc(C)cc3)cc2)CC1. The molecule has 28 heavy (non-hydrogen) atoms. The number of nitrogens with zero attached hydrogens (tertiary/aromatic N) is 2. The van der Waals surface area contributed by atoms with Crippen LogP contribution < -0.4 is 0 Å². The molecule has 1 saturated carbocycles. The average Bonchev–Trinajstić information content (AvgIpc) is 2.74. The molecule has 148 valence electrons. The second-order valence-corrected chi connectivity index (χ2v) is 8.28. The van der Waals surface area contributed by atoms with Gasteiger partial charge in [0, 0.05) is 0 Å². The van der Waals surface area contributed by atoms with Crippen LogP contribution in [-0.4, -0.2) is 12.4 Å². The van der Waals surface area contributed by atoms with Crippen molar-refractivity contribution in [1.29, 1.82) is 0 Å². The fourth-order valence-electron chi connectivity index (χ4n) is 4.17. The number of aryl methyl sites for hydroxylation is 1. The highest BCUT2D eigenvalue weighted by Crippen LogP contribution is 2.37. The van der Waals surface area contributed by atoms with E-state index in [1.807, 2.05) is 6.21 Å². The van der Waals surface area contributed by atoms with Crippen LogP contribution in [0.2, 0.25) is 0 Å². The molecule has 0 spiro atoms. The lowest BCUT2D eigenvalue weighted by Gasteiger charge is -2.29. The molecule has 0 amide bonds. The summed E-state index contributed by atoms with van der Waals surface area (Å²) in [5, 5.41) is 8.35. The average molecular weight is 375 g/mol. The zero-order valence-electron chi connectivity index (χ0n) is 17.5. The molecular formula is C26H34N2. The van der Waals surface area contributed by atoms with Gasteiger partial charge in [-0.3, -0.25) is 0 Å². The van der Waals surface area contributed by atoms with Gasteiger partial charge in [0.25, 0.3) is 0 Å². The van der Waals surface area contributed by atoms with E-state index in [1.54, 1.807) is 6.21 Å². The molecule has 1 fully saturated rings. The van der Waals surface area contributed by atoms with Crippen LogP contribution in [0.5, 0.6) is 0 Å². The summed E-state index contributed by atoms with van der Waals surface area (Å²) in [5.74, 6) is 1.72. The molecule has 0 aliphatic heterocycles. The van der Waals surface area contributed by atoms with Crippen molar-refractivity contribution >= 4 is 12.4 Å². The molecule has 2 aromatic carbocycles. The van der Waals surface area contributed by atoms with Crippen molar-refractivity contribution in [2.75, 3.05) is 0 Å². The second-order valence-electron chi connectivity index (χ2n) is 8.28. The largest absolute Gasteiger partial charge is 0.159 e. The van der Waals surface area contributed by atoms with E-state index >= 15 is 0 Å². The zero-order chi connectivity index (χ0) is 19.6. The standard InChI is InChI=1S/C26H34N2/c1-3-4-5-6-22-11-15-25(16-12-22)26-17-13-24(14-18-26)20-28-27-19-23-9-7-21(2)8-10-23/h7-10,13-14,17-20,22,25H,3-6,11-12,15-16H2,1-2H3/b27-19+,28-20+. The number of unbranched alkanes of at least 4 members (excludes halogenated alkanes) is 2. The number of rotatable bonds is 8. The lowest BCUT2D eigenvalue weighted by Crippen LogP contribution is -2.13. The first-order valence-corrected chi connectivity index (χ1v) is 11.0. The van der Waals surface area contributed by atoms with E-state index < -0.39 is 0 Å². The maximum Gasteiger partial charge on any atom is 0.0568 e. The predicted molar refractivity (Wildman–Crippen MR) is 122 cm³/mol. The van der Waals surface area contributed by atoms with Crippen molar-refractivity contribution in [2.45, 2.75) is 71.1 Å². The first-order valence-electron chi connectivity index (χ1n) is 11.0. The Kier molecular flexibility index (Phi) is 8.02. The van der Waals surface area contributed by atoms with E-state index in [4.69, 9.17) is 0 Å². The minimum absolute atomic E-state index is 0.743. The summed E-state index contributed by atoms with van der Waals surface area (Å²) in [4.78, 5) is 0. The molecule has 1 aliphatic rings. The van der Waals surface area contributed by atoms with E-state index in [0.29, 0.717) is 0 Å². The van der Waals surface area contributed by atoms with Gasteiger partial charge in [-0.25, -0.2) is 0 Å². The summed E-state index contributed by atoms with van der Waals surface area (Å²) in [6.07, 6.45) is 14.8. The lowest BCUT2D eigenvalue weighted by atomic mass is 9.77. The summed E-state index contributed by atoms with van der Waals surface area (Å²) < 4.78 is 0. The maximum atomic E-state index is 4.19. The Bertz CT molecular complexity index is 748. The van der Waals surface area contributed by atoms with E-state index in [2.05, 4.69) is 72.6 Å². The van der Waals surface area contributed by atoms with Crippen molar-refractivity contribution in [3.05, 3.63) is 70.8 Å². The number of hydrogen-bond acceptors (Lipinski definition) is 2. The van der Waals surface area contributed by atoms with E-state index in [9.17, 15) is 0 Å². The normalized spacial score (nSPS) is 20.2. The highest BCUT2D eigenvalue weighted by molar-refractivity contribution is 5.82. The van der Waals surface area contributed by atoms with E-state index in [1.165, 1.54) is 62.5 Å². The summed E-state index contributed by atoms with van der Waals surface area (Å²) in [7, 11) is 0. The van der Waals surface area contributed by atoms with Crippen molar-refractivity contribution in [2.24, 2.45) is 16.1 Å². The van der Waals surface area contributed by atoms with Crippen LogP contribution in [-0.2, 0) is 0 Å². The molecule has 0 atom stereocenters. The van der Waals surface area contributed by atoms with Gasteiger partial charge in [0.1, 0.15) is 0 Å². The molecule has 1 aliphatic carbocycles. The molecule has 0 heterocycles. The van der Waals surface area contributed by atoms with Crippen molar-refractivity contribution in [3.8, 4) is 0 Å². The molecule has 0 radical (unpaired) electrons. The Morgan fingerprint density at radius 1 is 0.786 bits per heavy atom. The third-order valence-corrected chi connectivity index (χ3v) is 6.03. The van der Waals surface area contributed by atoms with Gasteiger partial charge in [-0.15, -0.1) is 0 Å². The molecule has 3 rings (SSSR count). The Hall–Kier alpha value is -2.22. The quantitative estimate of drug-likeness (QED) is 0.263. The lowest BCUT2D eigenvalue weighted by molar-refractivity contribution is 0.303. The van der Waals surface area contributed by atoms with Crippen LogP contribution in [0.15, 0.2) is 58.7 Å². The third kappa shape index (κ3) is 6.44. The second kappa shape index (κ2) is 10.9. The van der Waals surface area contributed by atoms with Crippen LogP contribution in [0.4, 0.5) is 0 Å². The summed E-state index contributed by atoms with van der Waals surface area (Å²) in [6.45, 7) is 4.38. The van der Waals surface area contributed by atoms with Gasteiger partial charge in [0.05, 0.1) is 12.4 Å². The van der Waals surface area contributed by atoms with Crippen molar-refractivity contribution in [1.82, 2.24) is 0 Å². The van der Waals surface area contributed by atoms with Gasteiger partial charge in [-0.1, -0.05) is 86.7 Å². The van der Waals surface area contributed by atoms with Gasteiger partial charge < -0.3 is 0 Å². The smallest absolute Gasteiger partial charge is 0.0568 e. The monoisotopic (exact) mass is 374 g/mol. The molecule has 2 aromatic rings. The Labute approximate surface area is 170 Å². The molecule has 0 unspecified atom stereocenters. The van der Waals surface area contributed by atoms with Crippen LogP contribution in [0.1, 0.15) is 86.5 Å². The van der Waals surface area contributed by atoms with Gasteiger partial charge >= 0.3 is 0 Å². The van der Waals surface area contributed by atoms with E-state index in [0.717, 1.165) is 23.0 Å². The van der Waals surface area contributed by atoms with E-state index in [-0.39, 0.29) is 0 Å². The third-order valence-electron chi connectivity index (χ3n) is 6.03. The first-order chi connectivity index (χ1) is 13.7. The highest BCUT2D eigenvalue weighted by Gasteiger charge is 2.21. The number of hydrogen-bond donors (Lipinski definition) is 0. The zero-order valence-corrected chi connectivity index (χ0v) is 17.5. The molecule has 0 saturated heterocycles. The Balaban J connectivity index is 1.46. The first kappa shape index (κ1) is 20.5. The van der Waals surface area contributed by atoms with Crippen LogP contribution in [0.25, 0.3) is 0 Å². The fourth-order valence-corrected chi connectivity index (χ4v) is 4.17. The van der Waals surface area contributed by atoms with Gasteiger partial charge in [0.2, 0.25) is 0 Å². The topological polar surface area (TPSA) is 24.7 Å². The Morgan fingerprint density at radius 3 is 1.93 bits per heavy atom. The Morgan fingerprint density at radius 2 is 1.36 bits per heavy atom. The molecule has 0 bridgehead atoms. The summed E-state index contributed by atoms with van der Waals surface area (Å²) in [6, 6.07) is 17.2. The van der Waals surface area contributed by atoms with Crippen LogP contribution >= 0.6 is 0 Å². The van der Waals surface area contributed by atoms with Gasteiger partial charge in [-0.2, -0.15) is 10.2 Å². The van der Waals surface area contributed by atoms with Crippen molar-refractivity contribution < 1.29 is 0 Å². The maximum absolute atomic E-state index is 4.19. The molecule has 0 aromatic heterocycles. The van der Waals surface area contributed by atoms with Crippen LogP contribution in [0, 0.1) is 12.8 Å². The van der Waals surface area contributed by atoms with Crippen molar-refractivity contribution in [3.63, 3.8) is 0 Å². The van der Waals surface area contributed by atoms with Gasteiger partial charge in [-0.05, 0) is 61.1 Å². The minimum atomic E-state index is 0.743. The predicted octanol–water partition coefficient (Wildman–Crippen LogP) is 7.30. The van der Waals surface area contributed by atoms with Crippen LogP contribution in [0.3, 0.4) is 0 Å². The fraction of sp³-hybridized carbons (Fsp3) is 0.462. The molecule has 2 nitrogen and oxygen atoms in total. The molecular weight excluding hydrogens is 340 g/mol. The minimum Gasteiger partial charge on any atom is -0.159 e. The molecule has 0 N–H and O–H groups in total.